The fraction of sp³-hybridized carbons (Fsp3) is 0.0714. The molecular formula is C14H10ClN3O2. The Morgan fingerprint density at radius 1 is 1.20 bits per heavy atom. The largest absolute Gasteiger partial charge is 0.508 e. The van der Waals surface area contributed by atoms with Gasteiger partial charge >= 0.3 is 0 Å². The Kier molecular flexibility index (Phi) is 3.35. The van der Waals surface area contributed by atoms with Crippen molar-refractivity contribution in [3.05, 3.63) is 59.1 Å². The number of halogens is 1. The molecule has 5 nitrogen and oxygen atoms in total. The maximum Gasteiger partial charge on any atom is 0.231 e. The van der Waals surface area contributed by atoms with Crippen LogP contribution in [-0.4, -0.2) is 20.2 Å². The molecule has 0 atom stereocenters. The number of aromatic nitrogens is 3. The topological polar surface area (TPSA) is 72.0 Å². The highest BCUT2D eigenvalue weighted by molar-refractivity contribution is 6.30. The average Bonchev–Trinajstić information content (AvgIpc) is 2.88. The van der Waals surface area contributed by atoms with Crippen LogP contribution in [0.2, 0.25) is 5.02 Å². The molecular weight excluding hydrogens is 278 g/mol. The number of aromatic hydroxyl groups is 1. The summed E-state index contributed by atoms with van der Waals surface area (Å²) in [5.74, 6) is 1.08. The lowest BCUT2D eigenvalue weighted by molar-refractivity contribution is 0.385. The molecule has 2 heterocycles. The number of rotatable bonds is 3. The van der Waals surface area contributed by atoms with Gasteiger partial charge in [-0.25, -0.2) is 0 Å². The molecule has 100 valence electrons. The van der Waals surface area contributed by atoms with Crippen LogP contribution < -0.4 is 0 Å². The predicted octanol–water partition coefficient (Wildman–Crippen LogP) is 3.08. The number of hydrogen-bond acceptors (Lipinski definition) is 5. The third-order valence-electron chi connectivity index (χ3n) is 2.69. The summed E-state index contributed by atoms with van der Waals surface area (Å²) in [6, 6.07) is 10.4. The molecule has 0 saturated carbocycles. The molecule has 0 aliphatic rings. The summed E-state index contributed by atoms with van der Waals surface area (Å²) in [6.45, 7) is 0. The minimum absolute atomic E-state index is 0.210. The second-order valence-corrected chi connectivity index (χ2v) is 4.66. The van der Waals surface area contributed by atoms with Crippen molar-refractivity contribution in [3.8, 4) is 17.3 Å². The van der Waals surface area contributed by atoms with Crippen LogP contribution in [0.15, 0.2) is 47.1 Å². The molecule has 0 unspecified atom stereocenters. The summed E-state index contributed by atoms with van der Waals surface area (Å²) in [5, 5.41) is 13.8. The Bertz CT molecular complexity index is 725. The van der Waals surface area contributed by atoms with Gasteiger partial charge < -0.3 is 9.63 Å². The van der Waals surface area contributed by atoms with E-state index in [9.17, 15) is 5.11 Å². The van der Waals surface area contributed by atoms with E-state index in [-0.39, 0.29) is 5.75 Å². The molecule has 0 bridgehead atoms. The number of phenols is 1. The molecule has 3 rings (SSSR count). The third-order valence-corrected chi connectivity index (χ3v) is 2.91. The quantitative estimate of drug-likeness (QED) is 0.801. The molecule has 2 aromatic heterocycles. The lowest BCUT2D eigenvalue weighted by atomic mass is 10.1. The Morgan fingerprint density at radius 3 is 2.85 bits per heavy atom. The van der Waals surface area contributed by atoms with Crippen LogP contribution in [0.1, 0.15) is 11.5 Å². The average molecular weight is 288 g/mol. The summed E-state index contributed by atoms with van der Waals surface area (Å²) >= 11 is 5.78. The molecule has 0 aliphatic carbocycles. The number of benzene rings is 1. The normalized spacial score (nSPS) is 10.7. The molecule has 20 heavy (non-hydrogen) atoms. The van der Waals surface area contributed by atoms with E-state index >= 15 is 0 Å². The monoisotopic (exact) mass is 287 g/mol. The van der Waals surface area contributed by atoms with Gasteiger partial charge in [-0.05, 0) is 29.8 Å². The highest BCUT2D eigenvalue weighted by Gasteiger charge is 2.10. The fourth-order valence-electron chi connectivity index (χ4n) is 1.78. The first-order valence-corrected chi connectivity index (χ1v) is 6.31. The highest BCUT2D eigenvalue weighted by atomic mass is 35.5. The maximum atomic E-state index is 9.41. The molecule has 0 aliphatic heterocycles. The smallest absolute Gasteiger partial charge is 0.231 e. The molecule has 0 fully saturated rings. The van der Waals surface area contributed by atoms with Crippen LogP contribution in [0.4, 0.5) is 0 Å². The number of phenolic OH excluding ortho intramolecular Hbond substituents is 1. The van der Waals surface area contributed by atoms with E-state index < -0.39 is 0 Å². The Hall–Kier alpha value is -2.40. The van der Waals surface area contributed by atoms with Gasteiger partial charge in [-0.3, -0.25) is 4.98 Å². The molecule has 0 saturated heterocycles. The Balaban J connectivity index is 1.82. The number of nitrogens with zero attached hydrogens (tertiary/aromatic N) is 3. The van der Waals surface area contributed by atoms with E-state index in [1.807, 2.05) is 6.07 Å². The molecule has 3 aromatic rings. The van der Waals surface area contributed by atoms with Crippen molar-refractivity contribution in [2.24, 2.45) is 0 Å². The van der Waals surface area contributed by atoms with Crippen LogP contribution in [0, 0.1) is 0 Å². The van der Waals surface area contributed by atoms with E-state index in [4.69, 9.17) is 16.1 Å². The predicted molar refractivity (Wildman–Crippen MR) is 73.5 cm³/mol. The first kappa shape index (κ1) is 12.6. The van der Waals surface area contributed by atoms with Gasteiger partial charge in [-0.1, -0.05) is 28.9 Å². The SMILES string of the molecule is Oc1cccc(Cc2nc(-c3ccc(Cl)cn3)no2)c1. The highest BCUT2D eigenvalue weighted by Crippen LogP contribution is 2.18. The maximum absolute atomic E-state index is 9.41. The summed E-state index contributed by atoms with van der Waals surface area (Å²) in [6.07, 6.45) is 1.98. The second kappa shape index (κ2) is 5.30. The molecule has 1 N–H and O–H groups in total. The lowest BCUT2D eigenvalue weighted by Gasteiger charge is -1.97. The minimum atomic E-state index is 0.210. The van der Waals surface area contributed by atoms with Gasteiger partial charge in [0.05, 0.1) is 11.4 Å². The first-order chi connectivity index (χ1) is 9.70. The van der Waals surface area contributed by atoms with Gasteiger partial charge in [-0.2, -0.15) is 4.98 Å². The van der Waals surface area contributed by atoms with Crippen LogP contribution >= 0.6 is 11.6 Å². The molecule has 6 heteroatoms. The van der Waals surface area contributed by atoms with Gasteiger partial charge in [-0.15, -0.1) is 0 Å². The van der Waals surface area contributed by atoms with E-state index in [0.717, 1.165) is 5.56 Å². The number of pyridine rings is 1. The molecule has 1 aromatic carbocycles. The summed E-state index contributed by atoms with van der Waals surface area (Å²) in [4.78, 5) is 8.40. The van der Waals surface area contributed by atoms with Gasteiger partial charge in [0, 0.05) is 6.20 Å². The lowest BCUT2D eigenvalue weighted by Crippen LogP contribution is -1.89. The van der Waals surface area contributed by atoms with Crippen molar-refractivity contribution in [3.63, 3.8) is 0 Å². The molecule has 0 amide bonds. The fourth-order valence-corrected chi connectivity index (χ4v) is 1.89. The Labute approximate surface area is 119 Å². The Morgan fingerprint density at radius 2 is 2.10 bits per heavy atom. The van der Waals surface area contributed by atoms with Crippen LogP contribution in [0.5, 0.6) is 5.75 Å². The zero-order chi connectivity index (χ0) is 13.9. The molecule has 0 spiro atoms. The van der Waals surface area contributed by atoms with Crippen molar-refractivity contribution in [2.45, 2.75) is 6.42 Å². The summed E-state index contributed by atoms with van der Waals surface area (Å²) in [5.41, 5.74) is 1.49. The standard InChI is InChI=1S/C14H10ClN3O2/c15-10-4-5-12(16-8-10)14-17-13(20-18-14)7-9-2-1-3-11(19)6-9/h1-6,8,19H,7H2. The van der Waals surface area contributed by atoms with Crippen LogP contribution in [0.25, 0.3) is 11.5 Å². The van der Waals surface area contributed by atoms with E-state index in [1.54, 1.807) is 30.3 Å². The van der Waals surface area contributed by atoms with Crippen LogP contribution in [0.3, 0.4) is 0 Å². The second-order valence-electron chi connectivity index (χ2n) is 4.22. The van der Waals surface area contributed by atoms with E-state index in [0.29, 0.717) is 28.9 Å². The van der Waals surface area contributed by atoms with Gasteiger partial charge in [0.2, 0.25) is 11.7 Å². The minimum Gasteiger partial charge on any atom is -0.508 e. The van der Waals surface area contributed by atoms with E-state index in [1.165, 1.54) is 6.20 Å². The van der Waals surface area contributed by atoms with Crippen LogP contribution in [-0.2, 0) is 6.42 Å². The first-order valence-electron chi connectivity index (χ1n) is 5.93. The van der Waals surface area contributed by atoms with E-state index in [2.05, 4.69) is 15.1 Å². The van der Waals surface area contributed by atoms with Crippen molar-refractivity contribution in [1.82, 2.24) is 15.1 Å². The van der Waals surface area contributed by atoms with Crippen molar-refractivity contribution in [1.29, 1.82) is 0 Å². The van der Waals surface area contributed by atoms with Crippen molar-refractivity contribution >= 4 is 11.6 Å². The van der Waals surface area contributed by atoms with Gasteiger partial charge in [0.15, 0.2) is 0 Å². The van der Waals surface area contributed by atoms with Crippen molar-refractivity contribution in [2.75, 3.05) is 0 Å². The summed E-state index contributed by atoms with van der Waals surface area (Å²) in [7, 11) is 0. The summed E-state index contributed by atoms with van der Waals surface area (Å²) < 4.78 is 5.18. The van der Waals surface area contributed by atoms with Gasteiger partial charge in [0.25, 0.3) is 0 Å². The zero-order valence-corrected chi connectivity index (χ0v) is 11.1. The van der Waals surface area contributed by atoms with Crippen molar-refractivity contribution < 1.29 is 9.63 Å². The molecule has 0 radical (unpaired) electrons. The number of hydrogen-bond donors (Lipinski definition) is 1. The third kappa shape index (κ3) is 2.78. The zero-order valence-electron chi connectivity index (χ0n) is 10.3. The van der Waals surface area contributed by atoms with Gasteiger partial charge in [0.1, 0.15) is 11.4 Å².